The molecule has 15 heavy (non-hydrogen) atoms. The van der Waals surface area contributed by atoms with E-state index < -0.39 is 0 Å². The van der Waals surface area contributed by atoms with E-state index in [1.54, 1.807) is 6.07 Å². The predicted octanol–water partition coefficient (Wildman–Crippen LogP) is 2.80. The van der Waals surface area contributed by atoms with Crippen LogP contribution in [0.5, 0.6) is 5.75 Å². The smallest absolute Gasteiger partial charge is 0.336 e. The van der Waals surface area contributed by atoms with Crippen LogP contribution in [0.4, 0.5) is 0 Å². The van der Waals surface area contributed by atoms with Crippen LogP contribution in [0.25, 0.3) is 11.0 Å². The number of fused-ring (bicyclic) bond motifs is 1. The molecule has 0 bridgehead atoms. The maximum absolute atomic E-state index is 11.1. The van der Waals surface area contributed by atoms with Crippen LogP contribution in [0.15, 0.2) is 33.5 Å². The van der Waals surface area contributed by atoms with Gasteiger partial charge in [-0.15, -0.1) is 0 Å². The van der Waals surface area contributed by atoms with Crippen molar-refractivity contribution in [3.8, 4) is 5.75 Å². The summed E-state index contributed by atoms with van der Waals surface area (Å²) in [5.41, 5.74) is 0.253. The molecule has 0 radical (unpaired) electrons. The molecule has 3 nitrogen and oxygen atoms in total. The number of halogens is 1. The van der Waals surface area contributed by atoms with Gasteiger partial charge in [0.15, 0.2) is 5.58 Å². The highest BCUT2D eigenvalue weighted by Gasteiger charge is 2.07. The van der Waals surface area contributed by atoms with Gasteiger partial charge in [0.25, 0.3) is 0 Å². The van der Waals surface area contributed by atoms with Gasteiger partial charge in [0.05, 0.1) is 10.2 Å². The molecule has 1 aromatic heterocycles. The number of benzene rings is 1. The maximum atomic E-state index is 11.1. The molecule has 0 amide bonds. The Labute approximate surface area is 100 Å². The first kappa shape index (κ1) is 10.5. The zero-order valence-electron chi connectivity index (χ0n) is 8.12. The molecule has 2 rings (SSSR count). The Morgan fingerprint density at radius 2 is 2.07 bits per heavy atom. The molecular formula is C11H9IO3. The Kier molecular flexibility index (Phi) is 2.95. The van der Waals surface area contributed by atoms with Gasteiger partial charge in [0.1, 0.15) is 5.75 Å². The van der Waals surface area contributed by atoms with Crippen LogP contribution < -0.4 is 10.4 Å². The third kappa shape index (κ3) is 1.99. The monoisotopic (exact) mass is 316 g/mol. The standard InChI is InChI=1S/C11H9IO3/c1-2-14-8-5-3-7-4-6-9(13)15-11(7)10(8)12/h3-6H,2H2,1H3. The summed E-state index contributed by atoms with van der Waals surface area (Å²) in [6.07, 6.45) is 0. The van der Waals surface area contributed by atoms with E-state index in [1.165, 1.54) is 6.07 Å². The lowest BCUT2D eigenvalue weighted by molar-refractivity contribution is 0.337. The molecule has 1 aromatic carbocycles. The fourth-order valence-electron chi connectivity index (χ4n) is 1.35. The topological polar surface area (TPSA) is 39.4 Å². The van der Waals surface area contributed by atoms with Crippen molar-refractivity contribution in [1.82, 2.24) is 0 Å². The lowest BCUT2D eigenvalue weighted by atomic mass is 10.2. The summed E-state index contributed by atoms with van der Waals surface area (Å²) in [5, 5.41) is 0.905. The van der Waals surface area contributed by atoms with Crippen molar-refractivity contribution in [2.24, 2.45) is 0 Å². The van der Waals surface area contributed by atoms with Crippen molar-refractivity contribution in [3.63, 3.8) is 0 Å². The second-order valence-electron chi connectivity index (χ2n) is 2.98. The Hall–Kier alpha value is -1.04. The van der Waals surface area contributed by atoms with Crippen molar-refractivity contribution in [2.75, 3.05) is 6.61 Å². The number of hydrogen-bond donors (Lipinski definition) is 0. The molecule has 2 aromatic rings. The van der Waals surface area contributed by atoms with E-state index in [1.807, 2.05) is 19.1 Å². The van der Waals surface area contributed by atoms with E-state index in [0.29, 0.717) is 12.2 Å². The first-order valence-corrected chi connectivity index (χ1v) is 5.65. The van der Waals surface area contributed by atoms with Crippen molar-refractivity contribution < 1.29 is 9.15 Å². The molecule has 4 heteroatoms. The fraction of sp³-hybridized carbons (Fsp3) is 0.182. The summed E-state index contributed by atoms with van der Waals surface area (Å²) in [4.78, 5) is 11.1. The van der Waals surface area contributed by atoms with Gasteiger partial charge >= 0.3 is 5.63 Å². The van der Waals surface area contributed by atoms with Gasteiger partial charge in [0.2, 0.25) is 0 Å². The first-order chi connectivity index (χ1) is 7.22. The minimum absolute atomic E-state index is 0.339. The fourth-order valence-corrected chi connectivity index (χ4v) is 2.10. The van der Waals surface area contributed by atoms with Crippen LogP contribution >= 0.6 is 22.6 Å². The van der Waals surface area contributed by atoms with Crippen LogP contribution in [0, 0.1) is 3.57 Å². The lowest BCUT2D eigenvalue weighted by Crippen LogP contribution is -1.98. The molecule has 0 atom stereocenters. The van der Waals surface area contributed by atoms with E-state index in [-0.39, 0.29) is 5.63 Å². The van der Waals surface area contributed by atoms with Crippen molar-refractivity contribution >= 4 is 33.6 Å². The molecule has 78 valence electrons. The van der Waals surface area contributed by atoms with Gasteiger partial charge in [-0.1, -0.05) is 0 Å². The van der Waals surface area contributed by atoms with Gasteiger partial charge in [-0.3, -0.25) is 0 Å². The van der Waals surface area contributed by atoms with E-state index in [4.69, 9.17) is 9.15 Å². The summed E-state index contributed by atoms with van der Waals surface area (Å²) in [6, 6.07) is 6.93. The highest BCUT2D eigenvalue weighted by Crippen LogP contribution is 2.28. The summed E-state index contributed by atoms with van der Waals surface area (Å²) >= 11 is 2.12. The molecule has 0 aliphatic carbocycles. The second kappa shape index (κ2) is 4.22. The average Bonchev–Trinajstić information content (AvgIpc) is 2.23. The normalized spacial score (nSPS) is 10.5. The molecule has 0 aliphatic rings. The third-order valence-corrected chi connectivity index (χ3v) is 3.02. The number of ether oxygens (including phenoxy) is 1. The van der Waals surface area contributed by atoms with Gasteiger partial charge in [0, 0.05) is 11.5 Å². The average molecular weight is 316 g/mol. The Balaban J connectivity index is 2.71. The summed E-state index contributed by atoms with van der Waals surface area (Å²) in [5.74, 6) is 0.750. The van der Waals surface area contributed by atoms with Crippen LogP contribution in [0.3, 0.4) is 0 Å². The van der Waals surface area contributed by atoms with Crippen LogP contribution in [-0.2, 0) is 0 Å². The molecule has 0 saturated carbocycles. The van der Waals surface area contributed by atoms with Gasteiger partial charge in [-0.2, -0.15) is 0 Å². The van der Waals surface area contributed by atoms with Gasteiger partial charge in [-0.05, 0) is 47.7 Å². The minimum atomic E-state index is -0.339. The SMILES string of the molecule is CCOc1ccc2ccc(=O)oc2c1I. The molecule has 0 spiro atoms. The molecule has 0 unspecified atom stereocenters. The summed E-state index contributed by atoms with van der Waals surface area (Å²) in [6.45, 7) is 2.51. The molecule has 1 heterocycles. The lowest BCUT2D eigenvalue weighted by Gasteiger charge is -2.06. The van der Waals surface area contributed by atoms with Crippen molar-refractivity contribution in [3.05, 3.63) is 38.3 Å². The number of rotatable bonds is 2. The predicted molar refractivity (Wildman–Crippen MR) is 66.4 cm³/mol. The Bertz CT molecular complexity index is 545. The zero-order chi connectivity index (χ0) is 10.8. The van der Waals surface area contributed by atoms with Crippen molar-refractivity contribution in [2.45, 2.75) is 6.92 Å². The molecule has 0 aliphatic heterocycles. The molecular weight excluding hydrogens is 307 g/mol. The maximum Gasteiger partial charge on any atom is 0.336 e. The minimum Gasteiger partial charge on any atom is -0.493 e. The van der Waals surface area contributed by atoms with Crippen LogP contribution in [0.1, 0.15) is 6.92 Å². The Morgan fingerprint density at radius 3 is 2.80 bits per heavy atom. The Morgan fingerprint density at radius 1 is 1.33 bits per heavy atom. The summed E-state index contributed by atoms with van der Waals surface area (Å²) in [7, 11) is 0. The highest BCUT2D eigenvalue weighted by atomic mass is 127. The third-order valence-electron chi connectivity index (χ3n) is 1.99. The van der Waals surface area contributed by atoms with Gasteiger partial charge in [-0.25, -0.2) is 4.79 Å². The van der Waals surface area contributed by atoms with E-state index in [0.717, 1.165) is 14.7 Å². The van der Waals surface area contributed by atoms with Gasteiger partial charge < -0.3 is 9.15 Å². The molecule has 0 fully saturated rings. The van der Waals surface area contributed by atoms with E-state index in [9.17, 15) is 4.79 Å². The quantitative estimate of drug-likeness (QED) is 0.632. The second-order valence-corrected chi connectivity index (χ2v) is 4.06. The number of hydrogen-bond acceptors (Lipinski definition) is 3. The van der Waals surface area contributed by atoms with Crippen LogP contribution in [0.2, 0.25) is 0 Å². The highest BCUT2D eigenvalue weighted by molar-refractivity contribution is 14.1. The van der Waals surface area contributed by atoms with E-state index in [2.05, 4.69) is 22.6 Å². The van der Waals surface area contributed by atoms with Crippen LogP contribution in [-0.4, -0.2) is 6.61 Å². The molecule has 0 saturated heterocycles. The summed E-state index contributed by atoms with van der Waals surface area (Å²) < 4.78 is 11.4. The first-order valence-electron chi connectivity index (χ1n) is 4.57. The van der Waals surface area contributed by atoms with E-state index >= 15 is 0 Å². The van der Waals surface area contributed by atoms with Crippen molar-refractivity contribution in [1.29, 1.82) is 0 Å². The largest absolute Gasteiger partial charge is 0.493 e. The molecule has 0 N–H and O–H groups in total. The zero-order valence-corrected chi connectivity index (χ0v) is 10.3.